The van der Waals surface area contributed by atoms with Crippen molar-refractivity contribution < 1.29 is 4.79 Å². The molecule has 0 spiro atoms. The van der Waals surface area contributed by atoms with Gasteiger partial charge in [-0.2, -0.15) is 0 Å². The van der Waals surface area contributed by atoms with Crippen LogP contribution >= 0.6 is 11.8 Å². The normalized spacial score (nSPS) is 20.4. The Kier molecular flexibility index (Phi) is 6.13. The van der Waals surface area contributed by atoms with E-state index in [0.717, 1.165) is 29.5 Å². The van der Waals surface area contributed by atoms with Gasteiger partial charge in [0.05, 0.1) is 5.75 Å². The number of nitrogens with one attached hydrogen (secondary N) is 1. The highest BCUT2D eigenvalue weighted by atomic mass is 32.2. The molecule has 1 fully saturated rings. The van der Waals surface area contributed by atoms with Crippen LogP contribution in [0, 0.1) is 5.92 Å². The van der Waals surface area contributed by atoms with Crippen LogP contribution in [0.25, 0.3) is 11.4 Å². The number of carbonyl (C=O) groups excluding carboxylic acids is 1. The fourth-order valence-corrected chi connectivity index (χ4v) is 4.20. The van der Waals surface area contributed by atoms with Crippen LogP contribution in [0.3, 0.4) is 0 Å². The third-order valence-corrected chi connectivity index (χ3v) is 5.82. The van der Waals surface area contributed by atoms with E-state index in [1.165, 1.54) is 31.0 Å². The Morgan fingerprint density at radius 3 is 2.72 bits per heavy atom. The van der Waals surface area contributed by atoms with Crippen molar-refractivity contribution in [1.82, 2.24) is 20.1 Å². The van der Waals surface area contributed by atoms with Crippen LogP contribution in [0.1, 0.15) is 39.5 Å². The minimum absolute atomic E-state index is 0.0932. The molecule has 25 heavy (non-hydrogen) atoms. The highest BCUT2D eigenvalue weighted by Crippen LogP contribution is 2.25. The molecule has 1 aliphatic carbocycles. The molecule has 0 aliphatic heterocycles. The third-order valence-electron chi connectivity index (χ3n) is 4.86. The standard InChI is InChI=1S/C19H26N4OS/c1-3-23-18(15-10-5-4-6-11-15)21-22-19(23)25-13-17(24)20-16-12-8-7-9-14(16)2/h4-6,10-11,14,16H,3,7-9,12-13H2,1-2H3,(H,20,24). The molecule has 1 aromatic heterocycles. The summed E-state index contributed by atoms with van der Waals surface area (Å²) >= 11 is 1.46. The molecule has 2 unspecified atom stereocenters. The van der Waals surface area contributed by atoms with Crippen molar-refractivity contribution in [2.75, 3.05) is 5.75 Å². The second-order valence-corrected chi connectivity index (χ2v) is 7.58. The fraction of sp³-hybridized carbons (Fsp3) is 0.526. The molecule has 5 nitrogen and oxygen atoms in total. The summed E-state index contributed by atoms with van der Waals surface area (Å²) in [6.45, 7) is 5.08. The van der Waals surface area contributed by atoms with E-state index >= 15 is 0 Å². The van der Waals surface area contributed by atoms with Crippen LogP contribution in [0.5, 0.6) is 0 Å². The summed E-state index contributed by atoms with van der Waals surface area (Å²) < 4.78 is 2.07. The van der Waals surface area contributed by atoms with Crippen molar-refractivity contribution in [2.24, 2.45) is 5.92 Å². The minimum Gasteiger partial charge on any atom is -0.352 e. The number of rotatable bonds is 6. The van der Waals surface area contributed by atoms with Gasteiger partial charge in [0.25, 0.3) is 0 Å². The molecule has 0 saturated heterocycles. The van der Waals surface area contributed by atoms with Gasteiger partial charge < -0.3 is 9.88 Å². The number of amides is 1. The maximum absolute atomic E-state index is 12.3. The van der Waals surface area contributed by atoms with Gasteiger partial charge in [0.15, 0.2) is 11.0 Å². The molecule has 6 heteroatoms. The van der Waals surface area contributed by atoms with Crippen molar-refractivity contribution in [3.63, 3.8) is 0 Å². The molecule has 1 aliphatic rings. The molecule has 3 rings (SSSR count). The van der Waals surface area contributed by atoms with Crippen molar-refractivity contribution in [2.45, 2.75) is 57.3 Å². The number of nitrogens with zero attached hydrogens (tertiary/aromatic N) is 3. The Morgan fingerprint density at radius 2 is 2.00 bits per heavy atom. The average Bonchev–Trinajstić information content (AvgIpc) is 3.05. The maximum Gasteiger partial charge on any atom is 0.230 e. The van der Waals surface area contributed by atoms with E-state index in [2.05, 4.69) is 33.9 Å². The summed E-state index contributed by atoms with van der Waals surface area (Å²) in [5.74, 6) is 1.91. The molecule has 1 saturated carbocycles. The lowest BCUT2D eigenvalue weighted by Gasteiger charge is -2.29. The summed E-state index contributed by atoms with van der Waals surface area (Å²) in [6, 6.07) is 10.4. The quantitative estimate of drug-likeness (QED) is 0.799. The Morgan fingerprint density at radius 1 is 1.24 bits per heavy atom. The second-order valence-electron chi connectivity index (χ2n) is 6.64. The van der Waals surface area contributed by atoms with Gasteiger partial charge in [-0.1, -0.05) is 61.9 Å². The van der Waals surface area contributed by atoms with Gasteiger partial charge in [-0.15, -0.1) is 10.2 Å². The third kappa shape index (κ3) is 4.42. The van der Waals surface area contributed by atoms with E-state index in [-0.39, 0.29) is 5.91 Å². The lowest BCUT2D eigenvalue weighted by atomic mass is 9.86. The fourth-order valence-electron chi connectivity index (χ4n) is 3.39. The largest absolute Gasteiger partial charge is 0.352 e. The first-order valence-electron chi connectivity index (χ1n) is 9.09. The summed E-state index contributed by atoms with van der Waals surface area (Å²) in [6.07, 6.45) is 4.81. The second kappa shape index (κ2) is 8.52. The highest BCUT2D eigenvalue weighted by Gasteiger charge is 2.23. The Labute approximate surface area is 153 Å². The van der Waals surface area contributed by atoms with E-state index in [1.807, 2.05) is 30.3 Å². The average molecular weight is 359 g/mol. The molecule has 0 radical (unpaired) electrons. The van der Waals surface area contributed by atoms with Crippen molar-refractivity contribution in [1.29, 1.82) is 0 Å². The number of carbonyl (C=O) groups is 1. The molecule has 2 atom stereocenters. The Bertz CT molecular complexity index is 701. The van der Waals surface area contributed by atoms with Crippen LogP contribution in [0.2, 0.25) is 0 Å². The molecule has 1 heterocycles. The van der Waals surface area contributed by atoms with Gasteiger partial charge >= 0.3 is 0 Å². The topological polar surface area (TPSA) is 59.8 Å². The van der Waals surface area contributed by atoms with E-state index in [9.17, 15) is 4.79 Å². The molecule has 0 bridgehead atoms. The zero-order valence-electron chi connectivity index (χ0n) is 14.9. The molecule has 1 N–H and O–H groups in total. The monoisotopic (exact) mass is 358 g/mol. The van der Waals surface area contributed by atoms with Crippen LogP contribution in [0.4, 0.5) is 0 Å². The van der Waals surface area contributed by atoms with E-state index in [4.69, 9.17) is 0 Å². The summed E-state index contributed by atoms with van der Waals surface area (Å²) in [4.78, 5) is 12.3. The van der Waals surface area contributed by atoms with Crippen molar-refractivity contribution >= 4 is 17.7 Å². The number of hydrogen-bond acceptors (Lipinski definition) is 4. The predicted octanol–water partition coefficient (Wildman–Crippen LogP) is 3.75. The lowest BCUT2D eigenvalue weighted by Crippen LogP contribution is -2.41. The maximum atomic E-state index is 12.3. The van der Waals surface area contributed by atoms with Crippen LogP contribution in [-0.2, 0) is 11.3 Å². The van der Waals surface area contributed by atoms with Crippen molar-refractivity contribution in [3.05, 3.63) is 30.3 Å². The first-order valence-corrected chi connectivity index (χ1v) is 10.1. The SMILES string of the molecule is CCn1c(SCC(=O)NC2CCCCC2C)nnc1-c1ccccc1. The van der Waals surface area contributed by atoms with Crippen molar-refractivity contribution in [3.8, 4) is 11.4 Å². The molecule has 2 aromatic rings. The summed E-state index contributed by atoms with van der Waals surface area (Å²) in [5.41, 5.74) is 1.05. The molecular weight excluding hydrogens is 332 g/mol. The van der Waals surface area contributed by atoms with Gasteiger partial charge in [0, 0.05) is 18.2 Å². The van der Waals surface area contributed by atoms with Gasteiger partial charge in [-0.3, -0.25) is 4.79 Å². The number of aromatic nitrogens is 3. The molecule has 134 valence electrons. The van der Waals surface area contributed by atoms with Gasteiger partial charge in [0.2, 0.25) is 5.91 Å². The number of hydrogen-bond donors (Lipinski definition) is 1. The van der Waals surface area contributed by atoms with Gasteiger partial charge in [-0.25, -0.2) is 0 Å². The highest BCUT2D eigenvalue weighted by molar-refractivity contribution is 7.99. The lowest BCUT2D eigenvalue weighted by molar-refractivity contribution is -0.119. The van der Waals surface area contributed by atoms with E-state index in [1.54, 1.807) is 0 Å². The first kappa shape index (κ1) is 18.0. The van der Waals surface area contributed by atoms with Crippen LogP contribution in [-0.4, -0.2) is 32.5 Å². The zero-order valence-corrected chi connectivity index (χ0v) is 15.8. The molecule has 1 aromatic carbocycles. The van der Waals surface area contributed by atoms with E-state index in [0.29, 0.717) is 17.7 Å². The smallest absolute Gasteiger partial charge is 0.230 e. The molecule has 1 amide bonds. The number of thioether (sulfide) groups is 1. The predicted molar refractivity (Wildman–Crippen MR) is 101 cm³/mol. The Hall–Kier alpha value is -1.82. The van der Waals surface area contributed by atoms with Gasteiger partial charge in [-0.05, 0) is 25.7 Å². The zero-order chi connectivity index (χ0) is 17.6. The Balaban J connectivity index is 1.61. The van der Waals surface area contributed by atoms with Crippen LogP contribution < -0.4 is 5.32 Å². The van der Waals surface area contributed by atoms with Gasteiger partial charge in [0.1, 0.15) is 0 Å². The molecular formula is C19H26N4OS. The minimum atomic E-state index is 0.0932. The number of benzene rings is 1. The summed E-state index contributed by atoms with van der Waals surface area (Å²) in [7, 11) is 0. The van der Waals surface area contributed by atoms with E-state index < -0.39 is 0 Å². The van der Waals surface area contributed by atoms with Crippen LogP contribution in [0.15, 0.2) is 35.5 Å². The summed E-state index contributed by atoms with van der Waals surface area (Å²) in [5, 5.41) is 12.6. The first-order chi connectivity index (χ1) is 12.2.